The Balaban J connectivity index is 1.27. The van der Waals surface area contributed by atoms with Crippen LogP contribution >= 0.6 is 0 Å². The molecule has 0 spiro atoms. The highest BCUT2D eigenvalue weighted by molar-refractivity contribution is 5.94. The zero-order valence-corrected chi connectivity index (χ0v) is 17.9. The van der Waals surface area contributed by atoms with E-state index < -0.39 is 0 Å². The minimum absolute atomic E-state index is 0.131. The average Bonchev–Trinajstić information content (AvgIpc) is 3.15. The maximum Gasteiger partial charge on any atom is 0.338 e. The molecule has 0 unspecified atom stereocenters. The van der Waals surface area contributed by atoms with Crippen LogP contribution in [0.25, 0.3) is 0 Å². The summed E-state index contributed by atoms with van der Waals surface area (Å²) in [6.45, 7) is 7.06. The Bertz CT molecular complexity index is 1070. The van der Waals surface area contributed by atoms with Crippen molar-refractivity contribution in [3.63, 3.8) is 0 Å². The smallest absolute Gasteiger partial charge is 0.338 e. The Labute approximate surface area is 182 Å². The number of fused-ring (bicyclic) bond motifs is 1. The Morgan fingerprint density at radius 2 is 2.10 bits per heavy atom. The molecule has 2 aliphatic rings. The van der Waals surface area contributed by atoms with Crippen molar-refractivity contribution in [3.8, 4) is 6.07 Å². The topological polar surface area (TPSA) is 95.3 Å². The highest BCUT2D eigenvalue weighted by atomic mass is 16.5. The van der Waals surface area contributed by atoms with Crippen LogP contribution in [0.2, 0.25) is 0 Å². The first-order valence-electron chi connectivity index (χ1n) is 10.6. The molecule has 7 heteroatoms. The average molecular weight is 418 g/mol. The molecule has 4 rings (SSSR count). The van der Waals surface area contributed by atoms with E-state index in [1.54, 1.807) is 6.07 Å². The van der Waals surface area contributed by atoms with E-state index in [-0.39, 0.29) is 17.9 Å². The molecule has 7 nitrogen and oxygen atoms in total. The molecule has 1 aromatic carbocycles. The van der Waals surface area contributed by atoms with Gasteiger partial charge in [-0.2, -0.15) is 5.26 Å². The summed E-state index contributed by atoms with van der Waals surface area (Å²) in [5.41, 5.74) is 5.75. The molecule has 3 heterocycles. The van der Waals surface area contributed by atoms with Gasteiger partial charge in [-0.25, -0.2) is 9.78 Å². The number of likely N-dealkylation sites (tertiary alicyclic amines) is 1. The lowest BCUT2D eigenvalue weighted by atomic mass is 9.96. The highest BCUT2D eigenvalue weighted by Crippen LogP contribution is 2.26. The number of nitriles is 1. The molecule has 160 valence electrons. The van der Waals surface area contributed by atoms with Gasteiger partial charge in [-0.05, 0) is 61.9 Å². The number of carbonyl (C=O) groups is 2. The number of pyridine rings is 1. The van der Waals surface area contributed by atoms with Gasteiger partial charge in [0.05, 0.1) is 11.1 Å². The zero-order valence-electron chi connectivity index (χ0n) is 17.9. The molecule has 2 aromatic rings. The number of benzene rings is 1. The number of nitrogens with zero attached hydrogens (tertiary/aromatic N) is 3. The van der Waals surface area contributed by atoms with Crippen LogP contribution in [-0.2, 0) is 17.8 Å². The number of ether oxygens (including phenoxy) is 1. The van der Waals surface area contributed by atoms with Gasteiger partial charge in [-0.15, -0.1) is 0 Å². The Hall–Kier alpha value is -3.24. The third-order valence-corrected chi connectivity index (χ3v) is 6.36. The van der Waals surface area contributed by atoms with Crippen LogP contribution in [0.15, 0.2) is 24.4 Å². The lowest BCUT2D eigenvalue weighted by molar-refractivity contribution is 0.0534. The van der Waals surface area contributed by atoms with Crippen molar-refractivity contribution in [2.75, 3.05) is 19.6 Å². The molecule has 1 N–H and O–H groups in total. The second-order valence-corrected chi connectivity index (χ2v) is 8.29. The molecular weight excluding hydrogens is 392 g/mol. The quantitative estimate of drug-likeness (QED) is 0.750. The van der Waals surface area contributed by atoms with Crippen LogP contribution in [0, 0.1) is 25.2 Å². The van der Waals surface area contributed by atoms with Gasteiger partial charge in [0.25, 0.3) is 5.91 Å². The van der Waals surface area contributed by atoms with Gasteiger partial charge in [0.1, 0.15) is 18.4 Å². The lowest BCUT2D eigenvalue weighted by Gasteiger charge is -2.32. The van der Waals surface area contributed by atoms with Crippen molar-refractivity contribution in [1.82, 2.24) is 15.2 Å². The Morgan fingerprint density at radius 3 is 2.81 bits per heavy atom. The summed E-state index contributed by atoms with van der Waals surface area (Å²) in [6.07, 6.45) is 4.17. The van der Waals surface area contributed by atoms with E-state index in [4.69, 9.17) is 10.00 Å². The van der Waals surface area contributed by atoms with Crippen LogP contribution < -0.4 is 5.32 Å². The van der Waals surface area contributed by atoms with Gasteiger partial charge in [0, 0.05) is 37.4 Å². The van der Waals surface area contributed by atoms with Crippen LogP contribution in [0.1, 0.15) is 61.5 Å². The SMILES string of the molecule is Cc1cc(C(=O)NC2CCN(CCc3ccc4c(c3C)COC4=O)CC2)ncc1C#N. The number of carbonyl (C=O) groups excluding carboxylic acids is 2. The predicted molar refractivity (Wildman–Crippen MR) is 115 cm³/mol. The second kappa shape index (κ2) is 8.86. The molecule has 0 bridgehead atoms. The number of esters is 1. The standard InChI is InChI=1S/C24H26N4O3/c1-15-11-22(26-13-18(15)12-25)23(29)27-19-6-9-28(10-7-19)8-5-17-3-4-20-21(16(17)2)14-31-24(20)30/h3-4,11,13,19H,5-10,14H2,1-2H3,(H,27,29). The number of amides is 1. The van der Waals surface area contributed by atoms with E-state index in [9.17, 15) is 9.59 Å². The molecule has 1 fully saturated rings. The molecule has 0 atom stereocenters. The Kier molecular flexibility index (Phi) is 6.01. The zero-order chi connectivity index (χ0) is 22.0. The van der Waals surface area contributed by atoms with Gasteiger partial charge in [-0.3, -0.25) is 4.79 Å². The van der Waals surface area contributed by atoms with E-state index in [1.807, 2.05) is 19.1 Å². The number of cyclic esters (lactones) is 1. The summed E-state index contributed by atoms with van der Waals surface area (Å²) in [6, 6.07) is 7.79. The maximum absolute atomic E-state index is 12.5. The van der Waals surface area contributed by atoms with Crippen LogP contribution in [0.4, 0.5) is 0 Å². The minimum atomic E-state index is -0.222. The first-order chi connectivity index (χ1) is 15.0. The highest BCUT2D eigenvalue weighted by Gasteiger charge is 2.25. The van der Waals surface area contributed by atoms with E-state index in [0.717, 1.165) is 55.6 Å². The number of aromatic nitrogens is 1. The molecule has 1 aromatic heterocycles. The second-order valence-electron chi connectivity index (χ2n) is 8.29. The summed E-state index contributed by atoms with van der Waals surface area (Å²) in [5.74, 6) is -0.406. The summed E-state index contributed by atoms with van der Waals surface area (Å²) >= 11 is 0. The van der Waals surface area contributed by atoms with Crippen molar-refractivity contribution < 1.29 is 14.3 Å². The van der Waals surface area contributed by atoms with Crippen molar-refractivity contribution in [2.45, 2.75) is 45.8 Å². The molecule has 0 aliphatic carbocycles. The van der Waals surface area contributed by atoms with Crippen molar-refractivity contribution >= 4 is 11.9 Å². The van der Waals surface area contributed by atoms with Crippen molar-refractivity contribution in [2.24, 2.45) is 0 Å². The van der Waals surface area contributed by atoms with Gasteiger partial charge < -0.3 is 15.0 Å². The molecule has 0 saturated carbocycles. The number of hydrogen-bond donors (Lipinski definition) is 1. The monoisotopic (exact) mass is 418 g/mol. The number of piperidine rings is 1. The van der Waals surface area contributed by atoms with E-state index in [1.165, 1.54) is 11.8 Å². The Morgan fingerprint density at radius 1 is 1.32 bits per heavy atom. The van der Waals surface area contributed by atoms with E-state index >= 15 is 0 Å². The third kappa shape index (κ3) is 4.44. The minimum Gasteiger partial charge on any atom is -0.457 e. The van der Waals surface area contributed by atoms with Crippen molar-refractivity contribution in [3.05, 3.63) is 63.5 Å². The molecule has 1 saturated heterocycles. The fourth-order valence-corrected chi connectivity index (χ4v) is 4.30. The number of aryl methyl sites for hydroxylation is 1. The maximum atomic E-state index is 12.5. The molecule has 1 amide bonds. The predicted octanol–water partition coefficient (Wildman–Crippen LogP) is 2.68. The van der Waals surface area contributed by atoms with Gasteiger partial charge >= 0.3 is 5.97 Å². The summed E-state index contributed by atoms with van der Waals surface area (Å²) in [4.78, 5) is 30.7. The molecule has 31 heavy (non-hydrogen) atoms. The third-order valence-electron chi connectivity index (χ3n) is 6.36. The van der Waals surface area contributed by atoms with E-state index in [0.29, 0.717) is 23.4 Å². The number of nitrogens with one attached hydrogen (secondary N) is 1. The summed E-state index contributed by atoms with van der Waals surface area (Å²) < 4.78 is 5.14. The van der Waals surface area contributed by atoms with Crippen LogP contribution in [0.5, 0.6) is 0 Å². The first-order valence-corrected chi connectivity index (χ1v) is 10.6. The molecule has 2 aliphatic heterocycles. The molecular formula is C24H26N4O3. The van der Waals surface area contributed by atoms with Gasteiger partial charge in [-0.1, -0.05) is 6.07 Å². The van der Waals surface area contributed by atoms with Gasteiger partial charge in [0.15, 0.2) is 0 Å². The van der Waals surface area contributed by atoms with Crippen molar-refractivity contribution in [1.29, 1.82) is 5.26 Å². The summed E-state index contributed by atoms with van der Waals surface area (Å²) in [7, 11) is 0. The fraction of sp³-hybridized carbons (Fsp3) is 0.417. The van der Waals surface area contributed by atoms with E-state index in [2.05, 4.69) is 28.2 Å². The largest absolute Gasteiger partial charge is 0.457 e. The fourth-order valence-electron chi connectivity index (χ4n) is 4.30. The number of hydrogen-bond acceptors (Lipinski definition) is 6. The number of rotatable bonds is 5. The first kappa shape index (κ1) is 21.0. The molecule has 0 radical (unpaired) electrons. The normalized spacial score (nSPS) is 16.5. The van der Waals surface area contributed by atoms with Crippen LogP contribution in [-0.4, -0.2) is 47.4 Å². The lowest BCUT2D eigenvalue weighted by Crippen LogP contribution is -2.45. The van der Waals surface area contributed by atoms with Crippen LogP contribution in [0.3, 0.4) is 0 Å². The van der Waals surface area contributed by atoms with Gasteiger partial charge in [0.2, 0.25) is 0 Å². The summed E-state index contributed by atoms with van der Waals surface area (Å²) in [5, 5.41) is 12.1.